The quantitative estimate of drug-likeness (QED) is 0.689. The summed E-state index contributed by atoms with van der Waals surface area (Å²) in [6.45, 7) is -0.161. The highest BCUT2D eigenvalue weighted by atomic mass is 16.6. The molecule has 0 radical (unpaired) electrons. The van der Waals surface area contributed by atoms with Crippen LogP contribution in [0.2, 0.25) is 0 Å². The summed E-state index contributed by atoms with van der Waals surface area (Å²) in [6.07, 6.45) is 0. The minimum absolute atomic E-state index is 0.161. The maximum Gasteiger partial charge on any atom is 0.252 e. The Morgan fingerprint density at radius 1 is 1.43 bits per heavy atom. The van der Waals surface area contributed by atoms with Crippen LogP contribution in [0.25, 0.3) is 0 Å². The van der Waals surface area contributed by atoms with Crippen LogP contribution in [-0.4, -0.2) is 19.6 Å². The highest BCUT2D eigenvalue weighted by Gasteiger charge is 2.00. The summed E-state index contributed by atoms with van der Waals surface area (Å²) in [6, 6.07) is 6.96. The fourth-order valence-electron chi connectivity index (χ4n) is 0.947. The normalized spacial score (nSPS) is 9.57. The van der Waals surface area contributed by atoms with Crippen LogP contribution in [0.15, 0.2) is 24.3 Å². The van der Waals surface area contributed by atoms with Crippen LogP contribution >= 0.6 is 0 Å². The number of ether oxygens (including phenoxy) is 1. The maximum absolute atomic E-state index is 11.0. The van der Waals surface area contributed by atoms with Crippen LogP contribution < -0.4 is 16.0 Å². The average Bonchev–Trinajstić information content (AvgIpc) is 2.19. The molecule has 1 rings (SSSR count). The first-order valence-corrected chi connectivity index (χ1v) is 4.02. The van der Waals surface area contributed by atoms with Crippen molar-refractivity contribution in [2.45, 2.75) is 0 Å². The summed E-state index contributed by atoms with van der Waals surface area (Å²) in [5, 5.41) is 2.59. The van der Waals surface area contributed by atoms with E-state index in [0.717, 1.165) is 5.75 Å². The SMILES string of the molecule is COc1ccc(NC(=O)CON)cc1. The van der Waals surface area contributed by atoms with Gasteiger partial charge in [-0.25, -0.2) is 5.90 Å². The standard InChI is InChI=1S/C9H12N2O3/c1-13-8-4-2-7(3-5-8)11-9(12)6-14-10/h2-5H,6,10H2,1H3,(H,11,12). The van der Waals surface area contributed by atoms with E-state index >= 15 is 0 Å². The number of hydrogen-bond donors (Lipinski definition) is 2. The molecular weight excluding hydrogens is 184 g/mol. The van der Waals surface area contributed by atoms with Crippen molar-refractivity contribution in [1.82, 2.24) is 0 Å². The van der Waals surface area contributed by atoms with Gasteiger partial charge in [0.15, 0.2) is 0 Å². The van der Waals surface area contributed by atoms with Gasteiger partial charge in [0, 0.05) is 5.69 Å². The van der Waals surface area contributed by atoms with E-state index in [9.17, 15) is 4.79 Å². The molecule has 0 aliphatic heterocycles. The number of anilines is 1. The number of nitrogens with two attached hydrogens (primary N) is 1. The Kier molecular flexibility index (Phi) is 3.90. The zero-order chi connectivity index (χ0) is 10.4. The third kappa shape index (κ3) is 3.04. The minimum atomic E-state index is -0.294. The Hall–Kier alpha value is -1.59. The van der Waals surface area contributed by atoms with Crippen molar-refractivity contribution in [3.05, 3.63) is 24.3 Å². The smallest absolute Gasteiger partial charge is 0.252 e. The van der Waals surface area contributed by atoms with Gasteiger partial charge in [-0.2, -0.15) is 0 Å². The fourth-order valence-corrected chi connectivity index (χ4v) is 0.947. The summed E-state index contributed by atoms with van der Waals surface area (Å²) < 4.78 is 4.96. The third-order valence-corrected chi connectivity index (χ3v) is 1.59. The van der Waals surface area contributed by atoms with E-state index in [2.05, 4.69) is 10.2 Å². The lowest BCUT2D eigenvalue weighted by Crippen LogP contribution is -2.20. The first-order valence-electron chi connectivity index (χ1n) is 4.02. The van der Waals surface area contributed by atoms with E-state index in [1.165, 1.54) is 0 Å². The second kappa shape index (κ2) is 5.21. The number of amides is 1. The van der Waals surface area contributed by atoms with E-state index in [1.807, 2.05) is 0 Å². The van der Waals surface area contributed by atoms with Crippen molar-refractivity contribution in [3.8, 4) is 5.75 Å². The fraction of sp³-hybridized carbons (Fsp3) is 0.222. The molecule has 0 aliphatic rings. The molecule has 0 saturated heterocycles. The molecule has 76 valence electrons. The lowest BCUT2D eigenvalue weighted by atomic mass is 10.3. The van der Waals surface area contributed by atoms with Gasteiger partial charge in [-0.3, -0.25) is 9.63 Å². The largest absolute Gasteiger partial charge is 0.497 e. The van der Waals surface area contributed by atoms with Gasteiger partial charge in [-0.15, -0.1) is 0 Å². The molecule has 0 aliphatic carbocycles. The predicted molar refractivity (Wildman–Crippen MR) is 51.8 cm³/mol. The highest BCUT2D eigenvalue weighted by molar-refractivity contribution is 5.91. The lowest BCUT2D eigenvalue weighted by Gasteiger charge is -2.04. The zero-order valence-electron chi connectivity index (χ0n) is 7.82. The monoisotopic (exact) mass is 196 g/mol. The molecular formula is C9H12N2O3. The Labute approximate surface area is 81.8 Å². The average molecular weight is 196 g/mol. The molecule has 1 aromatic carbocycles. The van der Waals surface area contributed by atoms with Crippen molar-refractivity contribution < 1.29 is 14.4 Å². The predicted octanol–water partition coefficient (Wildman–Crippen LogP) is 0.524. The Morgan fingerprint density at radius 3 is 2.57 bits per heavy atom. The Bertz CT molecular complexity index is 297. The van der Waals surface area contributed by atoms with Crippen molar-refractivity contribution in [2.75, 3.05) is 19.0 Å². The highest BCUT2D eigenvalue weighted by Crippen LogP contribution is 2.14. The van der Waals surface area contributed by atoms with Gasteiger partial charge in [0.2, 0.25) is 0 Å². The molecule has 5 heteroatoms. The minimum Gasteiger partial charge on any atom is -0.497 e. The van der Waals surface area contributed by atoms with Crippen LogP contribution in [0.5, 0.6) is 5.75 Å². The first-order chi connectivity index (χ1) is 6.76. The van der Waals surface area contributed by atoms with E-state index in [1.54, 1.807) is 31.4 Å². The molecule has 1 aromatic rings. The molecule has 5 nitrogen and oxygen atoms in total. The lowest BCUT2D eigenvalue weighted by molar-refractivity contribution is -0.120. The molecule has 0 aromatic heterocycles. The summed E-state index contributed by atoms with van der Waals surface area (Å²) in [7, 11) is 1.58. The first kappa shape index (κ1) is 10.5. The molecule has 14 heavy (non-hydrogen) atoms. The number of nitrogens with one attached hydrogen (secondary N) is 1. The van der Waals surface area contributed by atoms with Gasteiger partial charge in [0.25, 0.3) is 5.91 Å². The summed E-state index contributed by atoms with van der Waals surface area (Å²) in [5.41, 5.74) is 0.674. The molecule has 3 N–H and O–H groups in total. The van der Waals surface area contributed by atoms with Crippen molar-refractivity contribution in [1.29, 1.82) is 0 Å². The van der Waals surface area contributed by atoms with Crippen LogP contribution in [0.4, 0.5) is 5.69 Å². The molecule has 0 unspecified atom stereocenters. The van der Waals surface area contributed by atoms with Gasteiger partial charge in [-0.1, -0.05) is 0 Å². The number of methoxy groups -OCH3 is 1. The van der Waals surface area contributed by atoms with E-state index in [4.69, 9.17) is 10.6 Å². The molecule has 0 saturated carbocycles. The second-order valence-corrected chi connectivity index (χ2v) is 2.59. The molecule has 0 heterocycles. The van der Waals surface area contributed by atoms with E-state index < -0.39 is 0 Å². The molecule has 0 spiro atoms. The van der Waals surface area contributed by atoms with Gasteiger partial charge in [0.05, 0.1) is 7.11 Å². The van der Waals surface area contributed by atoms with Crippen molar-refractivity contribution in [2.24, 2.45) is 5.90 Å². The topological polar surface area (TPSA) is 73.6 Å². The van der Waals surface area contributed by atoms with Crippen molar-refractivity contribution in [3.63, 3.8) is 0 Å². The van der Waals surface area contributed by atoms with Crippen LogP contribution in [0, 0.1) is 0 Å². The van der Waals surface area contributed by atoms with Gasteiger partial charge >= 0.3 is 0 Å². The van der Waals surface area contributed by atoms with Crippen molar-refractivity contribution >= 4 is 11.6 Å². The van der Waals surface area contributed by atoms with Crippen LogP contribution in [0.3, 0.4) is 0 Å². The third-order valence-electron chi connectivity index (χ3n) is 1.59. The second-order valence-electron chi connectivity index (χ2n) is 2.59. The van der Waals surface area contributed by atoms with Gasteiger partial charge < -0.3 is 10.1 Å². The van der Waals surface area contributed by atoms with Crippen LogP contribution in [0.1, 0.15) is 0 Å². The van der Waals surface area contributed by atoms with E-state index in [0.29, 0.717) is 5.69 Å². The number of rotatable bonds is 4. The summed E-state index contributed by atoms with van der Waals surface area (Å²) in [4.78, 5) is 15.2. The molecule has 1 amide bonds. The van der Waals surface area contributed by atoms with Gasteiger partial charge in [-0.05, 0) is 24.3 Å². The number of carbonyl (C=O) groups is 1. The Morgan fingerprint density at radius 2 is 2.07 bits per heavy atom. The molecule has 0 fully saturated rings. The molecule has 0 atom stereocenters. The summed E-state index contributed by atoms with van der Waals surface area (Å²) in [5.74, 6) is 5.19. The maximum atomic E-state index is 11.0. The number of carbonyl (C=O) groups excluding carboxylic acids is 1. The molecule has 0 bridgehead atoms. The van der Waals surface area contributed by atoms with Gasteiger partial charge in [0.1, 0.15) is 12.4 Å². The number of benzene rings is 1. The zero-order valence-corrected chi connectivity index (χ0v) is 7.82. The van der Waals surface area contributed by atoms with E-state index in [-0.39, 0.29) is 12.5 Å². The Balaban J connectivity index is 2.55. The summed E-state index contributed by atoms with van der Waals surface area (Å²) >= 11 is 0. The van der Waals surface area contributed by atoms with Crippen LogP contribution in [-0.2, 0) is 9.63 Å². The number of hydrogen-bond acceptors (Lipinski definition) is 4.